The van der Waals surface area contributed by atoms with E-state index in [0.29, 0.717) is 11.6 Å². The van der Waals surface area contributed by atoms with Crippen LogP contribution in [-0.4, -0.2) is 26.8 Å². The van der Waals surface area contributed by atoms with Gasteiger partial charge in [-0.05, 0) is 41.6 Å². The van der Waals surface area contributed by atoms with Crippen molar-refractivity contribution in [1.82, 2.24) is 25.5 Å². The summed E-state index contributed by atoms with van der Waals surface area (Å²) in [6, 6.07) is 5.77. The molecule has 0 amide bonds. The topological polar surface area (TPSA) is 55.6 Å². The molecule has 17 heavy (non-hydrogen) atoms. The fraction of sp³-hybridized carbons (Fsp3) is 0.364. The molecule has 0 unspecified atom stereocenters. The number of benzene rings is 1. The predicted octanol–water partition coefficient (Wildman–Crippen LogP) is 1.73. The number of aryl methyl sites for hydroxylation is 1. The minimum atomic E-state index is 0.634. The first-order valence-electron chi connectivity index (χ1n) is 5.47. The Labute approximate surface area is 105 Å². The molecule has 0 aliphatic heterocycles. The standard InChI is InChI=1S/C11H14ClN5/c1-3-13-7-11-14-15-16-17(11)9-5-4-8(2)10(12)6-9/h4-6,13H,3,7H2,1-2H3. The maximum atomic E-state index is 6.09. The van der Waals surface area contributed by atoms with E-state index in [9.17, 15) is 0 Å². The first-order valence-corrected chi connectivity index (χ1v) is 5.84. The lowest BCUT2D eigenvalue weighted by Crippen LogP contribution is -2.16. The van der Waals surface area contributed by atoms with E-state index in [1.807, 2.05) is 32.0 Å². The molecule has 6 heteroatoms. The van der Waals surface area contributed by atoms with Gasteiger partial charge in [0.2, 0.25) is 0 Å². The third-order valence-corrected chi connectivity index (χ3v) is 2.87. The Bertz CT molecular complexity index is 508. The lowest BCUT2D eigenvalue weighted by atomic mass is 10.2. The number of nitrogens with one attached hydrogen (secondary N) is 1. The Morgan fingerprint density at radius 2 is 2.24 bits per heavy atom. The molecule has 0 aliphatic carbocycles. The van der Waals surface area contributed by atoms with Crippen molar-refractivity contribution < 1.29 is 0 Å². The summed E-state index contributed by atoms with van der Waals surface area (Å²) in [6.07, 6.45) is 0. The molecule has 0 radical (unpaired) electrons. The Balaban J connectivity index is 2.32. The molecule has 0 saturated heterocycles. The first kappa shape index (κ1) is 12.0. The van der Waals surface area contributed by atoms with Crippen LogP contribution in [0.1, 0.15) is 18.3 Å². The Kier molecular flexibility index (Phi) is 3.71. The average Bonchev–Trinajstić information content (AvgIpc) is 2.78. The highest BCUT2D eigenvalue weighted by molar-refractivity contribution is 6.31. The zero-order chi connectivity index (χ0) is 12.3. The van der Waals surface area contributed by atoms with Crippen molar-refractivity contribution in [3.8, 4) is 5.69 Å². The summed E-state index contributed by atoms with van der Waals surface area (Å²) in [5.74, 6) is 0.770. The molecule has 1 heterocycles. The van der Waals surface area contributed by atoms with Crippen LogP contribution in [0.4, 0.5) is 0 Å². The second-order valence-corrected chi connectivity index (χ2v) is 4.13. The van der Waals surface area contributed by atoms with E-state index in [1.54, 1.807) is 4.68 Å². The van der Waals surface area contributed by atoms with E-state index >= 15 is 0 Å². The van der Waals surface area contributed by atoms with E-state index in [2.05, 4.69) is 20.8 Å². The fourth-order valence-corrected chi connectivity index (χ4v) is 1.64. The number of tetrazole rings is 1. The molecule has 0 fully saturated rings. The molecule has 1 aromatic heterocycles. The largest absolute Gasteiger partial charge is 0.310 e. The van der Waals surface area contributed by atoms with Crippen molar-refractivity contribution >= 4 is 11.6 Å². The number of aromatic nitrogens is 4. The zero-order valence-electron chi connectivity index (χ0n) is 9.81. The van der Waals surface area contributed by atoms with E-state index in [0.717, 1.165) is 23.6 Å². The van der Waals surface area contributed by atoms with Gasteiger partial charge in [-0.15, -0.1) is 5.10 Å². The highest BCUT2D eigenvalue weighted by Crippen LogP contribution is 2.19. The van der Waals surface area contributed by atoms with Gasteiger partial charge in [0, 0.05) is 5.02 Å². The molecular formula is C11H14ClN5. The number of hydrogen-bond donors (Lipinski definition) is 1. The van der Waals surface area contributed by atoms with Gasteiger partial charge in [0.15, 0.2) is 5.82 Å². The van der Waals surface area contributed by atoms with Crippen LogP contribution in [-0.2, 0) is 6.54 Å². The van der Waals surface area contributed by atoms with Crippen molar-refractivity contribution in [2.24, 2.45) is 0 Å². The Hall–Kier alpha value is -1.46. The van der Waals surface area contributed by atoms with Gasteiger partial charge < -0.3 is 5.32 Å². The third-order valence-electron chi connectivity index (χ3n) is 2.47. The maximum absolute atomic E-state index is 6.09. The molecular weight excluding hydrogens is 238 g/mol. The van der Waals surface area contributed by atoms with E-state index in [-0.39, 0.29) is 0 Å². The van der Waals surface area contributed by atoms with E-state index < -0.39 is 0 Å². The van der Waals surface area contributed by atoms with Gasteiger partial charge in [-0.2, -0.15) is 4.68 Å². The average molecular weight is 252 g/mol. The van der Waals surface area contributed by atoms with Crippen LogP contribution >= 0.6 is 11.6 Å². The number of rotatable bonds is 4. The minimum Gasteiger partial charge on any atom is -0.310 e. The number of nitrogens with zero attached hydrogens (tertiary/aromatic N) is 4. The van der Waals surface area contributed by atoms with Crippen LogP contribution in [0, 0.1) is 6.92 Å². The smallest absolute Gasteiger partial charge is 0.170 e. The Morgan fingerprint density at radius 1 is 1.41 bits per heavy atom. The van der Waals surface area contributed by atoms with Crippen molar-refractivity contribution in [2.75, 3.05) is 6.54 Å². The molecule has 0 atom stereocenters. The van der Waals surface area contributed by atoms with Crippen molar-refractivity contribution in [2.45, 2.75) is 20.4 Å². The molecule has 90 valence electrons. The third kappa shape index (κ3) is 2.62. The number of halogens is 1. The summed E-state index contributed by atoms with van der Waals surface area (Å²) >= 11 is 6.09. The highest BCUT2D eigenvalue weighted by Gasteiger charge is 2.08. The lowest BCUT2D eigenvalue weighted by molar-refractivity contribution is 0.664. The molecule has 0 bridgehead atoms. The van der Waals surface area contributed by atoms with Crippen molar-refractivity contribution in [3.05, 3.63) is 34.6 Å². The summed E-state index contributed by atoms with van der Waals surface area (Å²) in [5.41, 5.74) is 1.91. The van der Waals surface area contributed by atoms with Crippen LogP contribution in [0.5, 0.6) is 0 Å². The minimum absolute atomic E-state index is 0.634. The van der Waals surface area contributed by atoms with Crippen LogP contribution < -0.4 is 5.32 Å². The normalized spacial score (nSPS) is 10.8. The quantitative estimate of drug-likeness (QED) is 0.899. The molecule has 2 rings (SSSR count). The molecule has 0 aliphatic rings. The molecule has 1 aromatic carbocycles. The van der Waals surface area contributed by atoms with Crippen molar-refractivity contribution in [3.63, 3.8) is 0 Å². The maximum Gasteiger partial charge on any atom is 0.170 e. The SMILES string of the molecule is CCNCc1nnnn1-c1ccc(C)c(Cl)c1. The van der Waals surface area contributed by atoms with Crippen molar-refractivity contribution in [1.29, 1.82) is 0 Å². The van der Waals surface area contributed by atoms with Crippen LogP contribution in [0.2, 0.25) is 5.02 Å². The predicted molar refractivity (Wildman–Crippen MR) is 66.3 cm³/mol. The van der Waals surface area contributed by atoms with Crippen LogP contribution in [0.3, 0.4) is 0 Å². The first-order chi connectivity index (χ1) is 8.22. The summed E-state index contributed by atoms with van der Waals surface area (Å²) in [4.78, 5) is 0. The van der Waals surface area contributed by atoms with E-state index in [1.165, 1.54) is 0 Å². The molecule has 0 spiro atoms. The molecule has 2 aromatic rings. The number of hydrogen-bond acceptors (Lipinski definition) is 4. The monoisotopic (exact) mass is 251 g/mol. The van der Waals surface area contributed by atoms with Gasteiger partial charge in [0.1, 0.15) is 0 Å². The summed E-state index contributed by atoms with van der Waals surface area (Å²) < 4.78 is 1.69. The lowest BCUT2D eigenvalue weighted by Gasteiger charge is -2.06. The zero-order valence-corrected chi connectivity index (χ0v) is 10.6. The van der Waals surface area contributed by atoms with Crippen LogP contribution in [0.25, 0.3) is 5.69 Å². The van der Waals surface area contributed by atoms with Gasteiger partial charge >= 0.3 is 0 Å². The molecule has 0 saturated carbocycles. The highest BCUT2D eigenvalue weighted by atomic mass is 35.5. The van der Waals surface area contributed by atoms with E-state index in [4.69, 9.17) is 11.6 Å². The Morgan fingerprint density at radius 3 is 2.94 bits per heavy atom. The summed E-state index contributed by atoms with van der Waals surface area (Å²) in [7, 11) is 0. The molecule has 5 nitrogen and oxygen atoms in total. The van der Waals surface area contributed by atoms with Gasteiger partial charge in [0.25, 0.3) is 0 Å². The van der Waals surface area contributed by atoms with Gasteiger partial charge in [-0.3, -0.25) is 0 Å². The van der Waals surface area contributed by atoms with Gasteiger partial charge in [-0.1, -0.05) is 24.6 Å². The van der Waals surface area contributed by atoms with Gasteiger partial charge in [-0.25, -0.2) is 0 Å². The van der Waals surface area contributed by atoms with Crippen LogP contribution in [0.15, 0.2) is 18.2 Å². The second kappa shape index (κ2) is 5.25. The summed E-state index contributed by atoms with van der Waals surface area (Å²) in [6.45, 7) is 5.51. The summed E-state index contributed by atoms with van der Waals surface area (Å²) in [5, 5.41) is 15.5. The fourth-order valence-electron chi connectivity index (χ4n) is 1.47. The second-order valence-electron chi connectivity index (χ2n) is 3.72. The van der Waals surface area contributed by atoms with Gasteiger partial charge in [0.05, 0.1) is 12.2 Å². The molecule has 1 N–H and O–H groups in total.